The van der Waals surface area contributed by atoms with E-state index in [1.54, 1.807) is 13.0 Å². The number of nitrogens with one attached hydrogen (secondary N) is 2. The number of carbonyl (C=O) groups is 1. The number of nitrogen functional groups attached to an aromatic ring is 1. The third kappa shape index (κ3) is 2.44. The summed E-state index contributed by atoms with van der Waals surface area (Å²) >= 11 is 0. The van der Waals surface area contributed by atoms with Crippen LogP contribution >= 0.6 is 0 Å². The van der Waals surface area contributed by atoms with E-state index in [1.807, 2.05) is 0 Å². The Morgan fingerprint density at radius 1 is 1.41 bits per heavy atom. The molecule has 0 spiro atoms. The molecule has 0 aliphatic heterocycles. The van der Waals surface area contributed by atoms with Gasteiger partial charge in [0, 0.05) is 17.6 Å². The molecule has 1 aromatic carbocycles. The molecule has 1 aromatic heterocycles. The van der Waals surface area contributed by atoms with Crippen LogP contribution in [0.3, 0.4) is 0 Å². The number of rotatable bonds is 2. The predicted octanol–water partition coefficient (Wildman–Crippen LogP) is 2.30. The van der Waals surface area contributed by atoms with Crippen LogP contribution in [0.5, 0.6) is 0 Å². The Hall–Kier alpha value is -2.30. The highest BCUT2D eigenvalue weighted by Gasteiger charge is 2.09. The summed E-state index contributed by atoms with van der Waals surface area (Å²) in [5.41, 5.74) is 7.55. The van der Waals surface area contributed by atoms with Crippen LogP contribution < -0.4 is 11.1 Å². The van der Waals surface area contributed by atoms with Crippen LogP contribution in [-0.4, -0.2) is 10.9 Å². The van der Waals surface area contributed by atoms with E-state index in [4.69, 9.17) is 5.73 Å². The molecule has 17 heavy (non-hydrogen) atoms. The first kappa shape index (κ1) is 11.2. The maximum Gasteiger partial charge on any atom is 0.272 e. The monoisotopic (exact) mass is 233 g/mol. The number of nitrogens with two attached hydrogens (primary N) is 1. The number of halogens is 1. The van der Waals surface area contributed by atoms with Crippen molar-refractivity contribution in [2.24, 2.45) is 0 Å². The van der Waals surface area contributed by atoms with Crippen LogP contribution in [0.4, 0.5) is 15.8 Å². The third-order valence-corrected chi connectivity index (χ3v) is 2.40. The molecule has 5 heteroatoms. The molecule has 0 unspecified atom stereocenters. The predicted molar refractivity (Wildman–Crippen MR) is 64.3 cm³/mol. The fraction of sp³-hybridized carbons (Fsp3) is 0.0833. The van der Waals surface area contributed by atoms with Gasteiger partial charge in [-0.2, -0.15) is 0 Å². The molecule has 0 aliphatic carbocycles. The SMILES string of the molecule is Cc1ccc(F)cc1NC(=O)c1cc(N)c[nH]1. The van der Waals surface area contributed by atoms with Gasteiger partial charge in [0.1, 0.15) is 11.5 Å². The molecule has 0 bridgehead atoms. The number of aryl methyl sites for hydroxylation is 1. The zero-order valence-electron chi connectivity index (χ0n) is 9.25. The van der Waals surface area contributed by atoms with Gasteiger partial charge in [-0.15, -0.1) is 0 Å². The van der Waals surface area contributed by atoms with Gasteiger partial charge in [0.2, 0.25) is 0 Å². The van der Waals surface area contributed by atoms with Crippen molar-refractivity contribution in [1.82, 2.24) is 4.98 Å². The number of aromatic amines is 1. The van der Waals surface area contributed by atoms with Gasteiger partial charge in [-0.25, -0.2) is 4.39 Å². The second-order valence-corrected chi connectivity index (χ2v) is 3.76. The lowest BCUT2D eigenvalue weighted by molar-refractivity contribution is 0.102. The number of hydrogen-bond donors (Lipinski definition) is 3. The van der Waals surface area contributed by atoms with Crippen molar-refractivity contribution < 1.29 is 9.18 Å². The van der Waals surface area contributed by atoms with Gasteiger partial charge in [-0.1, -0.05) is 6.07 Å². The summed E-state index contributed by atoms with van der Waals surface area (Å²) in [5.74, 6) is -0.743. The number of hydrogen-bond acceptors (Lipinski definition) is 2. The Bertz CT molecular complexity index is 563. The van der Waals surface area contributed by atoms with Crippen LogP contribution in [0, 0.1) is 12.7 Å². The summed E-state index contributed by atoms with van der Waals surface area (Å²) in [6, 6.07) is 5.75. The fourth-order valence-corrected chi connectivity index (χ4v) is 1.46. The average molecular weight is 233 g/mol. The van der Waals surface area contributed by atoms with Crippen LogP contribution in [0.2, 0.25) is 0 Å². The van der Waals surface area contributed by atoms with Gasteiger partial charge >= 0.3 is 0 Å². The molecule has 0 radical (unpaired) electrons. The zero-order valence-corrected chi connectivity index (χ0v) is 9.25. The summed E-state index contributed by atoms with van der Waals surface area (Å²) in [5, 5.41) is 2.61. The second-order valence-electron chi connectivity index (χ2n) is 3.76. The quantitative estimate of drug-likeness (QED) is 0.744. The lowest BCUT2D eigenvalue weighted by Crippen LogP contribution is -2.13. The molecule has 4 N–H and O–H groups in total. The van der Waals surface area contributed by atoms with E-state index in [2.05, 4.69) is 10.3 Å². The van der Waals surface area contributed by atoms with Crippen molar-refractivity contribution in [1.29, 1.82) is 0 Å². The van der Waals surface area contributed by atoms with Crippen molar-refractivity contribution in [2.45, 2.75) is 6.92 Å². The molecule has 88 valence electrons. The van der Waals surface area contributed by atoms with Gasteiger partial charge in [-0.3, -0.25) is 4.79 Å². The number of aromatic nitrogens is 1. The number of amides is 1. The van der Waals surface area contributed by atoms with Gasteiger partial charge in [0.05, 0.1) is 0 Å². The summed E-state index contributed by atoms with van der Waals surface area (Å²) in [6.45, 7) is 1.79. The van der Waals surface area contributed by atoms with E-state index in [0.717, 1.165) is 5.56 Å². The molecular weight excluding hydrogens is 221 g/mol. The maximum absolute atomic E-state index is 13.0. The minimum absolute atomic E-state index is 0.339. The molecule has 0 atom stereocenters. The smallest absolute Gasteiger partial charge is 0.272 e. The van der Waals surface area contributed by atoms with E-state index >= 15 is 0 Å². The summed E-state index contributed by atoms with van der Waals surface area (Å²) in [6.07, 6.45) is 1.52. The summed E-state index contributed by atoms with van der Waals surface area (Å²) < 4.78 is 13.0. The molecule has 0 fully saturated rings. The average Bonchev–Trinajstić information content (AvgIpc) is 2.70. The Balaban J connectivity index is 2.21. The van der Waals surface area contributed by atoms with E-state index in [1.165, 1.54) is 24.4 Å². The Morgan fingerprint density at radius 2 is 2.18 bits per heavy atom. The van der Waals surface area contributed by atoms with Crippen LogP contribution in [0.15, 0.2) is 30.5 Å². The third-order valence-electron chi connectivity index (χ3n) is 2.40. The summed E-state index contributed by atoms with van der Waals surface area (Å²) in [4.78, 5) is 14.5. The van der Waals surface area contributed by atoms with Crippen molar-refractivity contribution in [3.8, 4) is 0 Å². The molecule has 1 heterocycles. The van der Waals surface area contributed by atoms with Crippen molar-refractivity contribution in [2.75, 3.05) is 11.1 Å². The first-order valence-electron chi connectivity index (χ1n) is 5.07. The highest BCUT2D eigenvalue weighted by Crippen LogP contribution is 2.17. The van der Waals surface area contributed by atoms with E-state index < -0.39 is 5.82 Å². The molecule has 1 amide bonds. The fourth-order valence-electron chi connectivity index (χ4n) is 1.46. The van der Waals surface area contributed by atoms with Gasteiger partial charge < -0.3 is 16.0 Å². The highest BCUT2D eigenvalue weighted by molar-refractivity contribution is 6.03. The molecule has 0 aliphatic rings. The topological polar surface area (TPSA) is 70.9 Å². The summed E-state index contributed by atoms with van der Waals surface area (Å²) in [7, 11) is 0. The minimum atomic E-state index is -0.392. The molecule has 2 aromatic rings. The Kier molecular flexibility index (Phi) is 2.82. The number of anilines is 2. The van der Waals surface area contributed by atoms with Crippen molar-refractivity contribution in [3.05, 3.63) is 47.5 Å². The Morgan fingerprint density at radius 3 is 2.82 bits per heavy atom. The molecule has 2 rings (SSSR count). The van der Waals surface area contributed by atoms with Crippen molar-refractivity contribution in [3.63, 3.8) is 0 Å². The second kappa shape index (κ2) is 4.29. The lowest BCUT2D eigenvalue weighted by atomic mass is 10.2. The van der Waals surface area contributed by atoms with E-state index in [9.17, 15) is 9.18 Å². The van der Waals surface area contributed by atoms with Gasteiger partial charge in [-0.05, 0) is 30.7 Å². The van der Waals surface area contributed by atoms with Gasteiger partial charge in [0.15, 0.2) is 0 Å². The first-order chi connectivity index (χ1) is 8.06. The number of carbonyl (C=O) groups excluding carboxylic acids is 1. The Labute approximate surface area is 97.6 Å². The molecule has 4 nitrogen and oxygen atoms in total. The molecule has 0 saturated carbocycles. The molecular formula is C12H12FN3O. The van der Waals surface area contributed by atoms with Gasteiger partial charge in [0.25, 0.3) is 5.91 Å². The number of benzene rings is 1. The highest BCUT2D eigenvalue weighted by atomic mass is 19.1. The standard InChI is InChI=1S/C12H12FN3O/c1-7-2-3-8(13)4-10(7)16-12(17)11-5-9(14)6-15-11/h2-6,15H,14H2,1H3,(H,16,17). The lowest BCUT2D eigenvalue weighted by Gasteiger charge is -2.07. The van der Waals surface area contributed by atoms with E-state index in [-0.39, 0.29) is 5.91 Å². The number of H-pyrrole nitrogens is 1. The van der Waals surface area contributed by atoms with Crippen LogP contribution in [0.1, 0.15) is 16.1 Å². The van der Waals surface area contributed by atoms with Crippen molar-refractivity contribution >= 4 is 17.3 Å². The minimum Gasteiger partial charge on any atom is -0.397 e. The van der Waals surface area contributed by atoms with Crippen LogP contribution in [-0.2, 0) is 0 Å². The largest absolute Gasteiger partial charge is 0.397 e. The molecule has 0 saturated heterocycles. The maximum atomic E-state index is 13.0. The normalized spacial score (nSPS) is 10.2. The zero-order chi connectivity index (χ0) is 12.4. The van der Waals surface area contributed by atoms with E-state index in [0.29, 0.717) is 17.1 Å². The first-order valence-corrected chi connectivity index (χ1v) is 5.07. The van der Waals surface area contributed by atoms with Crippen LogP contribution in [0.25, 0.3) is 0 Å².